The highest BCUT2D eigenvalue weighted by atomic mass is 35.5. The van der Waals surface area contributed by atoms with E-state index in [-0.39, 0.29) is 16.8 Å². The van der Waals surface area contributed by atoms with Gasteiger partial charge in [-0.1, -0.05) is 47.5 Å². The molecule has 8 heteroatoms. The van der Waals surface area contributed by atoms with Crippen LogP contribution in [0.2, 0.25) is 0 Å². The Balaban J connectivity index is 1.87. The van der Waals surface area contributed by atoms with Gasteiger partial charge >= 0.3 is 6.36 Å². The molecule has 0 radical (unpaired) electrons. The summed E-state index contributed by atoms with van der Waals surface area (Å²) >= 11 is 11.1. The molecule has 0 fully saturated rings. The lowest BCUT2D eigenvalue weighted by Crippen LogP contribution is -2.17. The van der Waals surface area contributed by atoms with Gasteiger partial charge in [-0.05, 0) is 35.9 Å². The molecule has 0 N–H and O–H groups in total. The van der Waals surface area contributed by atoms with Crippen LogP contribution in [0.3, 0.4) is 0 Å². The summed E-state index contributed by atoms with van der Waals surface area (Å²) < 4.78 is 51.5. The minimum absolute atomic E-state index is 0.112. The summed E-state index contributed by atoms with van der Waals surface area (Å²) in [6.45, 7) is 0.523. The van der Waals surface area contributed by atoms with Gasteiger partial charge in [0.25, 0.3) is 0 Å². The van der Waals surface area contributed by atoms with Gasteiger partial charge in [0.15, 0.2) is 11.5 Å². The molecule has 0 saturated heterocycles. The number of benzene rings is 2. The molecule has 0 atom stereocenters. The fourth-order valence-electron chi connectivity index (χ4n) is 2.02. The Morgan fingerprint density at radius 1 is 0.923 bits per heavy atom. The van der Waals surface area contributed by atoms with Gasteiger partial charge in [0, 0.05) is 6.42 Å². The lowest BCUT2D eigenvalue weighted by atomic mass is 10.1. The number of halogens is 5. The average Bonchev–Trinajstić information content (AvgIpc) is 2.56. The molecular formula is C18H15Cl2F3O3. The first kappa shape index (κ1) is 20.3. The van der Waals surface area contributed by atoms with Crippen LogP contribution in [0, 0.1) is 0 Å². The van der Waals surface area contributed by atoms with Gasteiger partial charge in [-0.15, -0.1) is 13.2 Å². The summed E-state index contributed by atoms with van der Waals surface area (Å²) in [5, 5.41) is 0. The highest BCUT2D eigenvalue weighted by Crippen LogP contribution is 2.27. The van der Waals surface area contributed by atoms with Crippen molar-refractivity contribution in [3.05, 3.63) is 64.7 Å². The second-order valence-electron chi connectivity index (χ2n) is 5.04. The monoisotopic (exact) mass is 406 g/mol. The lowest BCUT2D eigenvalue weighted by molar-refractivity contribution is -0.274. The SMILES string of the molecule is FC(F)(F)Oc1ccc(CCOc2ccccc2OCC=C(Cl)Cl)cc1. The van der Waals surface area contributed by atoms with Crippen molar-refractivity contribution in [3.8, 4) is 17.2 Å². The molecule has 0 spiro atoms. The zero-order valence-corrected chi connectivity index (χ0v) is 14.9. The topological polar surface area (TPSA) is 27.7 Å². The average molecular weight is 407 g/mol. The van der Waals surface area contributed by atoms with E-state index in [2.05, 4.69) is 4.74 Å². The highest BCUT2D eigenvalue weighted by molar-refractivity contribution is 6.55. The molecule has 0 aliphatic rings. The van der Waals surface area contributed by atoms with E-state index in [1.54, 1.807) is 36.4 Å². The fraction of sp³-hybridized carbons (Fsp3) is 0.222. The fourth-order valence-corrected chi connectivity index (χ4v) is 2.15. The van der Waals surface area contributed by atoms with Crippen LogP contribution in [0.15, 0.2) is 59.1 Å². The number of para-hydroxylation sites is 2. The first-order chi connectivity index (χ1) is 12.3. The molecule has 2 aromatic rings. The van der Waals surface area contributed by atoms with Gasteiger partial charge < -0.3 is 14.2 Å². The maximum absolute atomic E-state index is 12.1. The second kappa shape index (κ2) is 9.59. The Kier molecular flexibility index (Phi) is 7.48. The normalized spacial score (nSPS) is 11.0. The molecule has 0 heterocycles. The highest BCUT2D eigenvalue weighted by Gasteiger charge is 2.30. The molecule has 0 amide bonds. The van der Waals surface area contributed by atoms with Crippen LogP contribution in [-0.4, -0.2) is 19.6 Å². The van der Waals surface area contributed by atoms with Crippen molar-refractivity contribution in [3.63, 3.8) is 0 Å². The quantitative estimate of drug-likeness (QED) is 0.545. The summed E-state index contributed by atoms with van der Waals surface area (Å²) in [7, 11) is 0. The molecule has 3 nitrogen and oxygen atoms in total. The van der Waals surface area contributed by atoms with E-state index in [0.717, 1.165) is 5.56 Å². The van der Waals surface area contributed by atoms with Crippen LogP contribution in [0.1, 0.15) is 5.56 Å². The molecule has 0 saturated carbocycles. The van der Waals surface area contributed by atoms with E-state index >= 15 is 0 Å². The van der Waals surface area contributed by atoms with Crippen LogP contribution >= 0.6 is 23.2 Å². The van der Waals surface area contributed by atoms with Crippen LogP contribution < -0.4 is 14.2 Å². The third kappa shape index (κ3) is 7.45. The number of rotatable bonds is 8. The molecule has 0 bridgehead atoms. The van der Waals surface area contributed by atoms with Gasteiger partial charge in [0.1, 0.15) is 16.8 Å². The van der Waals surface area contributed by atoms with Crippen LogP contribution in [0.5, 0.6) is 17.2 Å². The lowest BCUT2D eigenvalue weighted by Gasteiger charge is -2.12. The third-order valence-corrected chi connectivity index (χ3v) is 3.44. The van der Waals surface area contributed by atoms with E-state index in [1.807, 2.05) is 0 Å². The molecule has 0 aliphatic carbocycles. The summed E-state index contributed by atoms with van der Waals surface area (Å²) in [5.41, 5.74) is 0.815. The molecule has 26 heavy (non-hydrogen) atoms. The molecule has 0 unspecified atom stereocenters. The van der Waals surface area contributed by atoms with E-state index in [4.69, 9.17) is 32.7 Å². The molecule has 140 valence electrons. The third-order valence-electron chi connectivity index (χ3n) is 3.13. The Bertz CT molecular complexity index is 727. The van der Waals surface area contributed by atoms with Crippen molar-refractivity contribution in [2.45, 2.75) is 12.8 Å². The minimum atomic E-state index is -4.70. The first-order valence-corrected chi connectivity index (χ1v) is 8.29. The Morgan fingerprint density at radius 2 is 1.54 bits per heavy atom. The van der Waals surface area contributed by atoms with Crippen LogP contribution in [0.25, 0.3) is 0 Å². The van der Waals surface area contributed by atoms with Gasteiger partial charge in [0.05, 0.1) is 6.61 Å². The number of hydrogen-bond donors (Lipinski definition) is 0. The predicted molar refractivity (Wildman–Crippen MR) is 94.1 cm³/mol. The number of alkyl halides is 3. The minimum Gasteiger partial charge on any atom is -0.489 e. The van der Waals surface area contributed by atoms with E-state index in [1.165, 1.54) is 18.2 Å². The zero-order valence-electron chi connectivity index (χ0n) is 13.4. The smallest absolute Gasteiger partial charge is 0.489 e. The number of hydrogen-bond acceptors (Lipinski definition) is 3. The van der Waals surface area contributed by atoms with Gasteiger partial charge in [0.2, 0.25) is 0 Å². The largest absolute Gasteiger partial charge is 0.573 e. The standard InChI is InChI=1S/C18H15Cl2F3O3/c19-17(20)10-12-25-16-4-2-1-3-15(16)24-11-9-13-5-7-14(8-6-13)26-18(21,22)23/h1-8,10H,9,11-12H2. The molecule has 0 aliphatic heterocycles. The maximum Gasteiger partial charge on any atom is 0.573 e. The summed E-state index contributed by atoms with van der Waals surface area (Å²) in [5.74, 6) is 0.822. The van der Waals surface area contributed by atoms with E-state index in [0.29, 0.717) is 24.5 Å². The van der Waals surface area contributed by atoms with Crippen molar-refractivity contribution in [1.82, 2.24) is 0 Å². The van der Waals surface area contributed by atoms with E-state index < -0.39 is 6.36 Å². The van der Waals surface area contributed by atoms with Crippen molar-refractivity contribution >= 4 is 23.2 Å². The maximum atomic E-state index is 12.1. The summed E-state index contributed by atoms with van der Waals surface area (Å²) in [4.78, 5) is 0. The predicted octanol–water partition coefficient (Wildman–Crippen LogP) is 5.90. The molecule has 2 aromatic carbocycles. The Labute approximate surface area is 158 Å². The number of ether oxygens (including phenoxy) is 3. The molecular weight excluding hydrogens is 392 g/mol. The van der Waals surface area contributed by atoms with Crippen LogP contribution in [-0.2, 0) is 6.42 Å². The van der Waals surface area contributed by atoms with Gasteiger partial charge in [-0.2, -0.15) is 0 Å². The van der Waals surface area contributed by atoms with Gasteiger partial charge in [-0.3, -0.25) is 0 Å². The summed E-state index contributed by atoms with van der Waals surface area (Å²) in [6, 6.07) is 12.7. The van der Waals surface area contributed by atoms with Crippen molar-refractivity contribution in [2.24, 2.45) is 0 Å². The first-order valence-electron chi connectivity index (χ1n) is 7.54. The molecule has 0 aromatic heterocycles. The van der Waals surface area contributed by atoms with Gasteiger partial charge in [-0.25, -0.2) is 0 Å². The molecule has 2 rings (SSSR count). The van der Waals surface area contributed by atoms with Crippen molar-refractivity contribution in [2.75, 3.05) is 13.2 Å². The van der Waals surface area contributed by atoms with Crippen molar-refractivity contribution < 1.29 is 27.4 Å². The zero-order chi connectivity index (χ0) is 19.0. The summed E-state index contributed by atoms with van der Waals surface area (Å²) in [6.07, 6.45) is -2.68. The van der Waals surface area contributed by atoms with Crippen molar-refractivity contribution in [1.29, 1.82) is 0 Å². The van der Waals surface area contributed by atoms with E-state index in [9.17, 15) is 13.2 Å². The Morgan fingerprint density at radius 3 is 2.12 bits per heavy atom. The Hall–Kier alpha value is -2.05. The second-order valence-corrected chi connectivity index (χ2v) is 6.05. The van der Waals surface area contributed by atoms with Crippen LogP contribution in [0.4, 0.5) is 13.2 Å².